The first-order chi connectivity index (χ1) is 16.6. The van der Waals surface area contributed by atoms with Gasteiger partial charge in [0.05, 0.1) is 0 Å². The highest BCUT2D eigenvalue weighted by molar-refractivity contribution is 5.77. The topological polar surface area (TPSA) is 149 Å². The van der Waals surface area contributed by atoms with Crippen molar-refractivity contribution in [1.29, 1.82) is 0 Å². The number of ether oxygens (including phenoxy) is 1. The van der Waals surface area contributed by atoms with Crippen molar-refractivity contribution in [2.45, 2.75) is 78.1 Å². The number of carbonyl (C=O) groups excluding carboxylic acids is 2. The Balaban J connectivity index is 2.82. The molecular weight excluding hydrogens is 468 g/mol. The summed E-state index contributed by atoms with van der Waals surface area (Å²) >= 11 is 0. The van der Waals surface area contributed by atoms with E-state index in [0.29, 0.717) is 0 Å². The van der Waals surface area contributed by atoms with Crippen LogP contribution in [0.5, 0.6) is 0 Å². The van der Waals surface area contributed by atoms with Gasteiger partial charge in [0.15, 0.2) is 0 Å². The van der Waals surface area contributed by atoms with Gasteiger partial charge in [0.25, 0.3) is 0 Å². The molecular formula is C25H40N4O7. The summed E-state index contributed by atoms with van der Waals surface area (Å²) < 4.78 is 5.13. The normalized spacial score (nSPS) is 12.3. The molecule has 0 aliphatic rings. The lowest BCUT2D eigenvalue weighted by Gasteiger charge is -2.40. The van der Waals surface area contributed by atoms with Gasteiger partial charge < -0.3 is 30.5 Å². The quantitative estimate of drug-likeness (QED) is 0.333. The summed E-state index contributed by atoms with van der Waals surface area (Å²) in [5, 5.41) is 24.7. The fourth-order valence-electron chi connectivity index (χ4n) is 3.63. The number of benzene rings is 1. The fourth-order valence-corrected chi connectivity index (χ4v) is 3.63. The van der Waals surface area contributed by atoms with Gasteiger partial charge in [-0.2, -0.15) is 0 Å². The highest BCUT2D eigenvalue weighted by Crippen LogP contribution is 2.22. The summed E-state index contributed by atoms with van der Waals surface area (Å²) in [7, 11) is 0. The SMILES string of the molecule is CC(C)(C)OC(=O)NCCNC(=O)CC(CCN(Cc1ccccc1)C(=O)O)N(C(=O)O)C(C)(C)C. The Kier molecular flexibility index (Phi) is 11.5. The third kappa shape index (κ3) is 11.8. The van der Waals surface area contributed by atoms with E-state index in [1.165, 1.54) is 9.80 Å². The lowest BCUT2D eigenvalue weighted by molar-refractivity contribution is -0.122. The third-order valence-corrected chi connectivity index (χ3v) is 5.05. The molecule has 0 radical (unpaired) electrons. The minimum atomic E-state index is -1.20. The maximum atomic E-state index is 12.6. The van der Waals surface area contributed by atoms with Gasteiger partial charge >= 0.3 is 18.3 Å². The Morgan fingerprint density at radius 2 is 1.50 bits per heavy atom. The van der Waals surface area contributed by atoms with Gasteiger partial charge in [-0.05, 0) is 53.5 Å². The Morgan fingerprint density at radius 1 is 0.917 bits per heavy atom. The molecule has 0 saturated carbocycles. The van der Waals surface area contributed by atoms with E-state index < -0.39 is 41.4 Å². The predicted molar refractivity (Wildman–Crippen MR) is 135 cm³/mol. The van der Waals surface area contributed by atoms with Crippen LogP contribution in [0.4, 0.5) is 14.4 Å². The number of carboxylic acid groups (broad SMARTS) is 2. The van der Waals surface area contributed by atoms with Crippen LogP contribution in [0.15, 0.2) is 30.3 Å². The van der Waals surface area contributed by atoms with E-state index in [4.69, 9.17) is 4.74 Å². The van der Waals surface area contributed by atoms with Crippen LogP contribution in [0, 0.1) is 0 Å². The molecule has 0 aliphatic heterocycles. The molecule has 0 aromatic heterocycles. The Morgan fingerprint density at radius 3 is 2.00 bits per heavy atom. The first kappa shape index (κ1) is 30.5. The molecule has 11 heteroatoms. The Hall–Kier alpha value is -3.50. The van der Waals surface area contributed by atoms with Crippen molar-refractivity contribution in [1.82, 2.24) is 20.4 Å². The lowest BCUT2D eigenvalue weighted by Crippen LogP contribution is -2.53. The van der Waals surface area contributed by atoms with E-state index in [-0.39, 0.29) is 39.0 Å². The Bertz CT molecular complexity index is 879. The van der Waals surface area contributed by atoms with Crippen molar-refractivity contribution in [3.05, 3.63) is 35.9 Å². The van der Waals surface area contributed by atoms with Crippen molar-refractivity contribution in [3.8, 4) is 0 Å². The van der Waals surface area contributed by atoms with Crippen molar-refractivity contribution in [2.24, 2.45) is 0 Å². The number of hydrogen-bond donors (Lipinski definition) is 4. The standard InChI is InChI=1S/C25H40N4O7/c1-24(2,3)29(23(34)35)19(12-15-28(22(32)33)17-18-10-8-7-9-11-18)16-20(30)26-13-14-27-21(31)36-25(4,5)6/h7-11,19H,12-17H2,1-6H3,(H,26,30)(H,27,31)(H,32,33)(H,34,35). The smallest absolute Gasteiger partial charge is 0.407 e. The van der Waals surface area contributed by atoms with E-state index in [1.807, 2.05) is 30.3 Å². The first-order valence-corrected chi connectivity index (χ1v) is 11.9. The molecule has 1 aromatic rings. The van der Waals surface area contributed by atoms with Crippen molar-refractivity contribution < 1.29 is 34.1 Å². The second kappa shape index (κ2) is 13.6. The average Bonchev–Trinajstić information content (AvgIpc) is 2.72. The van der Waals surface area contributed by atoms with Crippen LogP contribution in [0.25, 0.3) is 0 Å². The van der Waals surface area contributed by atoms with Crippen LogP contribution in [0.2, 0.25) is 0 Å². The summed E-state index contributed by atoms with van der Waals surface area (Å²) in [6.07, 6.45) is -2.96. The molecule has 36 heavy (non-hydrogen) atoms. The number of nitrogens with one attached hydrogen (secondary N) is 2. The van der Waals surface area contributed by atoms with Crippen molar-refractivity contribution in [3.63, 3.8) is 0 Å². The van der Waals surface area contributed by atoms with Crippen LogP contribution < -0.4 is 10.6 Å². The highest BCUT2D eigenvalue weighted by atomic mass is 16.6. The van der Waals surface area contributed by atoms with Gasteiger partial charge in [-0.15, -0.1) is 0 Å². The Labute approximate surface area is 212 Å². The minimum Gasteiger partial charge on any atom is -0.465 e. The van der Waals surface area contributed by atoms with Crippen LogP contribution in [0.3, 0.4) is 0 Å². The zero-order valence-electron chi connectivity index (χ0n) is 22.0. The summed E-state index contributed by atoms with van der Waals surface area (Å²) in [6.45, 7) is 10.8. The largest absolute Gasteiger partial charge is 0.465 e. The number of carbonyl (C=O) groups is 4. The zero-order chi connectivity index (χ0) is 27.5. The van der Waals surface area contributed by atoms with Crippen LogP contribution in [0.1, 0.15) is 59.9 Å². The maximum absolute atomic E-state index is 12.6. The number of rotatable bonds is 11. The summed E-state index contributed by atoms with van der Waals surface area (Å²) in [5.74, 6) is -0.411. The fraction of sp³-hybridized carbons (Fsp3) is 0.600. The van der Waals surface area contributed by atoms with Gasteiger partial charge in [0.2, 0.25) is 5.91 Å². The molecule has 0 fully saturated rings. The second-order valence-electron chi connectivity index (χ2n) is 10.4. The molecule has 0 aliphatic carbocycles. The lowest BCUT2D eigenvalue weighted by atomic mass is 9.99. The van der Waals surface area contributed by atoms with Crippen LogP contribution >= 0.6 is 0 Å². The summed E-state index contributed by atoms with van der Waals surface area (Å²) in [4.78, 5) is 50.7. The van der Waals surface area contributed by atoms with E-state index in [0.717, 1.165) is 5.56 Å². The number of nitrogens with zero attached hydrogens (tertiary/aromatic N) is 2. The monoisotopic (exact) mass is 508 g/mol. The zero-order valence-corrected chi connectivity index (χ0v) is 22.0. The molecule has 4 N–H and O–H groups in total. The molecule has 11 nitrogen and oxygen atoms in total. The molecule has 202 valence electrons. The van der Waals surface area contributed by atoms with Gasteiger partial charge in [-0.25, -0.2) is 14.4 Å². The van der Waals surface area contributed by atoms with E-state index in [9.17, 15) is 29.4 Å². The maximum Gasteiger partial charge on any atom is 0.407 e. The van der Waals surface area contributed by atoms with Gasteiger partial charge in [0, 0.05) is 44.2 Å². The average molecular weight is 509 g/mol. The number of amides is 4. The van der Waals surface area contributed by atoms with Gasteiger partial charge in [-0.1, -0.05) is 30.3 Å². The minimum absolute atomic E-state index is 0.0439. The van der Waals surface area contributed by atoms with E-state index >= 15 is 0 Å². The van der Waals surface area contributed by atoms with Gasteiger partial charge in [-0.3, -0.25) is 9.69 Å². The third-order valence-electron chi connectivity index (χ3n) is 5.05. The molecule has 1 aromatic carbocycles. The predicted octanol–water partition coefficient (Wildman–Crippen LogP) is 3.73. The molecule has 0 saturated heterocycles. The molecule has 0 bridgehead atoms. The van der Waals surface area contributed by atoms with E-state index in [2.05, 4.69) is 10.6 Å². The number of alkyl carbamates (subject to hydrolysis) is 1. The summed E-state index contributed by atoms with van der Waals surface area (Å²) in [6, 6.07) is 8.31. The van der Waals surface area contributed by atoms with Gasteiger partial charge in [0.1, 0.15) is 5.60 Å². The molecule has 1 unspecified atom stereocenters. The van der Waals surface area contributed by atoms with Crippen LogP contribution in [-0.2, 0) is 16.1 Å². The first-order valence-electron chi connectivity index (χ1n) is 11.9. The molecule has 1 atom stereocenters. The highest BCUT2D eigenvalue weighted by Gasteiger charge is 2.35. The summed E-state index contributed by atoms with van der Waals surface area (Å²) in [5.41, 5.74) is -0.654. The molecule has 0 spiro atoms. The van der Waals surface area contributed by atoms with E-state index in [1.54, 1.807) is 41.5 Å². The van der Waals surface area contributed by atoms with Crippen LogP contribution in [-0.4, -0.2) is 81.0 Å². The van der Waals surface area contributed by atoms with Crippen molar-refractivity contribution in [2.75, 3.05) is 19.6 Å². The molecule has 0 heterocycles. The van der Waals surface area contributed by atoms with Crippen molar-refractivity contribution >= 4 is 24.2 Å². The molecule has 4 amide bonds. The second-order valence-corrected chi connectivity index (χ2v) is 10.4. The number of hydrogen-bond acceptors (Lipinski definition) is 5. The molecule has 1 rings (SSSR count).